The van der Waals surface area contributed by atoms with Gasteiger partial charge in [0, 0.05) is 17.1 Å². The number of halogens is 1. The molecule has 3 rings (SSSR count). The molecule has 0 aromatic heterocycles. The molecule has 0 unspecified atom stereocenters. The number of hydrogen-bond donors (Lipinski definition) is 1. The Morgan fingerprint density at radius 1 is 1.14 bits per heavy atom. The Bertz CT molecular complexity index is 847. The highest BCUT2D eigenvalue weighted by Crippen LogP contribution is 2.39. The van der Waals surface area contributed by atoms with Crippen molar-refractivity contribution in [1.82, 2.24) is 4.90 Å². The third-order valence-corrected chi connectivity index (χ3v) is 6.07. The molecule has 0 saturated carbocycles. The topological polar surface area (TPSA) is 59.0 Å². The first-order chi connectivity index (χ1) is 14.0. The van der Waals surface area contributed by atoms with E-state index in [1.165, 1.54) is 0 Å². The number of aromatic hydroxyl groups is 1. The average Bonchev–Trinajstić information content (AvgIpc) is 2.73. The molecule has 0 spiro atoms. The van der Waals surface area contributed by atoms with Crippen molar-refractivity contribution in [2.75, 3.05) is 26.8 Å². The lowest BCUT2D eigenvalue weighted by atomic mass is 9.73. The molecule has 0 aliphatic carbocycles. The minimum Gasteiger partial charge on any atom is -0.504 e. The van der Waals surface area contributed by atoms with Crippen LogP contribution in [-0.2, 0) is 22.5 Å². The van der Waals surface area contributed by atoms with Crippen LogP contribution in [-0.4, -0.2) is 42.8 Å². The van der Waals surface area contributed by atoms with E-state index in [1.54, 1.807) is 13.2 Å². The zero-order chi connectivity index (χ0) is 20.9. The van der Waals surface area contributed by atoms with Crippen LogP contribution in [0.25, 0.3) is 0 Å². The summed E-state index contributed by atoms with van der Waals surface area (Å²) < 4.78 is 10.6. The number of piperidine rings is 1. The Kier molecular flexibility index (Phi) is 7.04. The van der Waals surface area contributed by atoms with Gasteiger partial charge in [-0.2, -0.15) is 0 Å². The van der Waals surface area contributed by atoms with Crippen molar-refractivity contribution in [1.29, 1.82) is 0 Å². The number of phenols is 1. The standard InChI is InChI=1S/C23H28ClNO4/c1-3-29-22(27)23(15-17-7-4-5-9-19(17)24)11-13-25(14-12-23)16-18-8-6-10-20(28-2)21(18)26/h4-10,26H,3,11-16H2,1-2H3. The van der Waals surface area contributed by atoms with E-state index in [2.05, 4.69) is 4.90 Å². The Morgan fingerprint density at radius 2 is 1.83 bits per heavy atom. The summed E-state index contributed by atoms with van der Waals surface area (Å²) in [4.78, 5) is 15.1. The lowest BCUT2D eigenvalue weighted by molar-refractivity contribution is -0.158. The van der Waals surface area contributed by atoms with Gasteiger partial charge in [0.05, 0.1) is 19.1 Å². The molecular weight excluding hydrogens is 390 g/mol. The third-order valence-electron chi connectivity index (χ3n) is 5.70. The molecule has 2 aromatic carbocycles. The molecule has 2 aromatic rings. The SMILES string of the molecule is CCOC(=O)C1(Cc2ccccc2Cl)CCN(Cc2cccc(OC)c2O)CC1. The van der Waals surface area contributed by atoms with Crippen molar-refractivity contribution in [3.05, 3.63) is 58.6 Å². The maximum absolute atomic E-state index is 12.9. The normalized spacial score (nSPS) is 16.4. The average molecular weight is 418 g/mol. The number of phenolic OH excluding ortho intramolecular Hbond substituents is 1. The van der Waals surface area contributed by atoms with Crippen LogP contribution < -0.4 is 4.74 Å². The van der Waals surface area contributed by atoms with Gasteiger partial charge >= 0.3 is 5.97 Å². The molecule has 0 atom stereocenters. The zero-order valence-electron chi connectivity index (χ0n) is 17.0. The predicted octanol–water partition coefficient (Wildman–Crippen LogP) is 4.44. The smallest absolute Gasteiger partial charge is 0.312 e. The van der Waals surface area contributed by atoms with Crippen LogP contribution in [0.3, 0.4) is 0 Å². The summed E-state index contributed by atoms with van der Waals surface area (Å²) in [5, 5.41) is 11.0. The summed E-state index contributed by atoms with van der Waals surface area (Å²) in [5.41, 5.74) is 1.22. The van der Waals surface area contributed by atoms with E-state index >= 15 is 0 Å². The largest absolute Gasteiger partial charge is 0.504 e. The van der Waals surface area contributed by atoms with Crippen LogP contribution >= 0.6 is 11.6 Å². The second kappa shape index (κ2) is 9.51. The number of carbonyl (C=O) groups excluding carboxylic acids is 1. The first-order valence-electron chi connectivity index (χ1n) is 9.97. The third kappa shape index (κ3) is 4.85. The number of para-hydroxylation sites is 1. The molecule has 156 valence electrons. The summed E-state index contributed by atoms with van der Waals surface area (Å²) in [5.74, 6) is 0.496. The maximum Gasteiger partial charge on any atom is 0.312 e. The van der Waals surface area contributed by atoms with Gasteiger partial charge in [-0.15, -0.1) is 0 Å². The van der Waals surface area contributed by atoms with Gasteiger partial charge in [-0.3, -0.25) is 9.69 Å². The van der Waals surface area contributed by atoms with Gasteiger partial charge in [0.25, 0.3) is 0 Å². The highest BCUT2D eigenvalue weighted by molar-refractivity contribution is 6.31. The van der Waals surface area contributed by atoms with Crippen molar-refractivity contribution in [3.63, 3.8) is 0 Å². The highest BCUT2D eigenvalue weighted by Gasteiger charge is 2.43. The minimum atomic E-state index is -0.575. The molecular formula is C23H28ClNO4. The molecule has 0 radical (unpaired) electrons. The predicted molar refractivity (Wildman–Crippen MR) is 113 cm³/mol. The molecule has 1 heterocycles. The van der Waals surface area contributed by atoms with Crippen molar-refractivity contribution in [3.8, 4) is 11.5 Å². The van der Waals surface area contributed by atoms with Gasteiger partial charge in [0.2, 0.25) is 0 Å². The molecule has 0 bridgehead atoms. The van der Waals surface area contributed by atoms with Crippen LogP contribution in [0.15, 0.2) is 42.5 Å². The Labute approximate surface area is 177 Å². The van der Waals surface area contributed by atoms with Gasteiger partial charge < -0.3 is 14.6 Å². The van der Waals surface area contributed by atoms with Crippen LogP contribution in [0.4, 0.5) is 0 Å². The number of benzene rings is 2. The number of hydrogen-bond acceptors (Lipinski definition) is 5. The first-order valence-corrected chi connectivity index (χ1v) is 10.3. The Hall–Kier alpha value is -2.24. The quantitative estimate of drug-likeness (QED) is 0.675. The minimum absolute atomic E-state index is 0.149. The van der Waals surface area contributed by atoms with E-state index < -0.39 is 5.41 Å². The van der Waals surface area contributed by atoms with E-state index in [1.807, 2.05) is 43.3 Å². The molecule has 29 heavy (non-hydrogen) atoms. The number of methoxy groups -OCH3 is 1. The molecule has 6 heteroatoms. The molecule has 1 fully saturated rings. The van der Waals surface area contributed by atoms with Crippen LogP contribution in [0.2, 0.25) is 5.02 Å². The van der Waals surface area contributed by atoms with Gasteiger partial charge in [-0.05, 0) is 57.0 Å². The Morgan fingerprint density at radius 3 is 2.48 bits per heavy atom. The summed E-state index contributed by atoms with van der Waals surface area (Å²) in [7, 11) is 1.54. The van der Waals surface area contributed by atoms with Gasteiger partial charge in [0.1, 0.15) is 0 Å². The van der Waals surface area contributed by atoms with Crippen molar-refractivity contribution in [2.24, 2.45) is 5.41 Å². The van der Waals surface area contributed by atoms with Gasteiger partial charge in [-0.1, -0.05) is 41.9 Å². The fourth-order valence-corrected chi connectivity index (χ4v) is 4.19. The van der Waals surface area contributed by atoms with Crippen molar-refractivity contribution < 1.29 is 19.4 Å². The summed E-state index contributed by atoms with van der Waals surface area (Å²) >= 11 is 6.37. The second-order valence-electron chi connectivity index (χ2n) is 7.51. The molecule has 5 nitrogen and oxygen atoms in total. The number of nitrogens with zero attached hydrogens (tertiary/aromatic N) is 1. The van der Waals surface area contributed by atoms with Crippen LogP contribution in [0.1, 0.15) is 30.9 Å². The monoisotopic (exact) mass is 417 g/mol. The summed E-state index contributed by atoms with van der Waals surface area (Å²) in [6.07, 6.45) is 1.94. The fraction of sp³-hybridized carbons (Fsp3) is 0.435. The van der Waals surface area contributed by atoms with Gasteiger partial charge in [0.15, 0.2) is 11.5 Å². The molecule has 1 aliphatic rings. The molecule has 0 amide bonds. The molecule has 1 aliphatic heterocycles. The van der Waals surface area contributed by atoms with Crippen molar-refractivity contribution >= 4 is 17.6 Å². The lowest BCUT2D eigenvalue weighted by Crippen LogP contribution is -2.46. The van der Waals surface area contributed by atoms with E-state index in [0.717, 1.165) is 24.2 Å². The van der Waals surface area contributed by atoms with Crippen molar-refractivity contribution in [2.45, 2.75) is 32.7 Å². The summed E-state index contributed by atoms with van der Waals surface area (Å²) in [6, 6.07) is 13.2. The van der Waals surface area contributed by atoms with E-state index in [0.29, 0.717) is 43.2 Å². The number of carbonyl (C=O) groups is 1. The van der Waals surface area contributed by atoms with Crippen LogP contribution in [0, 0.1) is 5.41 Å². The highest BCUT2D eigenvalue weighted by atomic mass is 35.5. The number of ether oxygens (including phenoxy) is 2. The molecule has 1 N–H and O–H groups in total. The number of rotatable bonds is 7. The fourth-order valence-electron chi connectivity index (χ4n) is 3.98. The lowest BCUT2D eigenvalue weighted by Gasteiger charge is -2.40. The van der Waals surface area contributed by atoms with E-state index in [4.69, 9.17) is 21.1 Å². The molecule has 1 saturated heterocycles. The van der Waals surface area contributed by atoms with E-state index in [9.17, 15) is 9.90 Å². The number of likely N-dealkylation sites (tertiary alicyclic amines) is 1. The Balaban J connectivity index is 1.74. The second-order valence-corrected chi connectivity index (χ2v) is 7.92. The zero-order valence-corrected chi connectivity index (χ0v) is 17.7. The van der Waals surface area contributed by atoms with Crippen LogP contribution in [0.5, 0.6) is 11.5 Å². The number of esters is 1. The summed E-state index contributed by atoms with van der Waals surface area (Å²) in [6.45, 7) is 4.28. The van der Waals surface area contributed by atoms with E-state index in [-0.39, 0.29) is 11.7 Å². The van der Waals surface area contributed by atoms with Gasteiger partial charge in [-0.25, -0.2) is 0 Å². The first kappa shape index (κ1) is 21.5. The maximum atomic E-state index is 12.9.